The van der Waals surface area contributed by atoms with Crippen molar-refractivity contribution in [3.8, 4) is 0 Å². The van der Waals surface area contributed by atoms with Crippen molar-refractivity contribution in [1.82, 2.24) is 0 Å². The maximum Gasteiger partial charge on any atom is 0.416 e. The minimum absolute atomic E-state index is 0.357. The van der Waals surface area contributed by atoms with Crippen LogP contribution in [-0.4, -0.2) is 17.6 Å². The first-order valence-corrected chi connectivity index (χ1v) is 5.07. The number of halogens is 6. The van der Waals surface area contributed by atoms with E-state index in [1.54, 1.807) is 0 Å². The Bertz CT molecular complexity index is 435. The van der Waals surface area contributed by atoms with Gasteiger partial charge in [0.1, 0.15) is 6.61 Å². The van der Waals surface area contributed by atoms with Gasteiger partial charge in [0.05, 0.1) is 11.6 Å². The van der Waals surface area contributed by atoms with Gasteiger partial charge in [0.2, 0.25) is 0 Å². The Balaban J connectivity index is 3.23. The van der Waals surface area contributed by atoms with Gasteiger partial charge < -0.3 is 10.8 Å². The third-order valence-electron chi connectivity index (χ3n) is 2.27. The summed E-state index contributed by atoms with van der Waals surface area (Å²) in [5, 5.41) is 8.08. The number of rotatable bonds is 3. The van der Waals surface area contributed by atoms with Gasteiger partial charge in [-0.15, -0.1) is 0 Å². The van der Waals surface area contributed by atoms with E-state index in [0.717, 1.165) is 6.07 Å². The summed E-state index contributed by atoms with van der Waals surface area (Å²) in [7, 11) is 0. The van der Waals surface area contributed by atoms with Gasteiger partial charge in [0, 0.05) is 5.02 Å². The first-order chi connectivity index (χ1) is 8.08. The molecule has 0 aromatic heterocycles. The molecule has 0 radical (unpaired) electrons. The predicted octanol–water partition coefficient (Wildman–Crippen LogP) is 2.99. The van der Waals surface area contributed by atoms with Crippen LogP contribution < -0.4 is 5.73 Å². The summed E-state index contributed by atoms with van der Waals surface area (Å²) < 4.78 is 63.5. The Morgan fingerprint density at radius 2 is 1.72 bits per heavy atom. The molecule has 1 atom stereocenters. The molecule has 0 aliphatic heterocycles. The van der Waals surface area contributed by atoms with Crippen LogP contribution in [-0.2, 0) is 6.18 Å². The fourth-order valence-electron chi connectivity index (χ4n) is 1.30. The molecule has 2 nitrogen and oxygen atoms in total. The summed E-state index contributed by atoms with van der Waals surface area (Å²) in [6.07, 6.45) is -4.71. The number of benzene rings is 1. The Labute approximate surface area is 104 Å². The lowest BCUT2D eigenvalue weighted by molar-refractivity contribution is -0.137. The van der Waals surface area contributed by atoms with Crippen molar-refractivity contribution < 1.29 is 27.1 Å². The lowest BCUT2D eigenvalue weighted by atomic mass is 9.99. The van der Waals surface area contributed by atoms with Crippen molar-refractivity contribution in [2.75, 3.05) is 6.61 Å². The van der Waals surface area contributed by atoms with E-state index in [4.69, 9.17) is 22.4 Å². The van der Waals surface area contributed by atoms with Crippen LogP contribution in [0.5, 0.6) is 0 Å². The standard InChI is InChI=1S/C10H9ClF5NO/c11-7-2-5(8(17)9(12,13)4-18)1-6(3-7)10(14,15)16/h1-3,8,18H,4,17H2/t8-/m0/s1. The molecule has 18 heavy (non-hydrogen) atoms. The van der Waals surface area contributed by atoms with Crippen LogP contribution in [0.4, 0.5) is 22.0 Å². The maximum absolute atomic E-state index is 13.1. The third kappa shape index (κ3) is 3.30. The van der Waals surface area contributed by atoms with Crippen molar-refractivity contribution in [2.45, 2.75) is 18.1 Å². The van der Waals surface area contributed by atoms with Crippen molar-refractivity contribution in [3.63, 3.8) is 0 Å². The molecule has 3 N–H and O–H groups in total. The monoisotopic (exact) mass is 289 g/mol. The largest absolute Gasteiger partial charge is 0.416 e. The normalized spacial score (nSPS) is 14.7. The van der Waals surface area contributed by atoms with Crippen LogP contribution in [0.25, 0.3) is 0 Å². The van der Waals surface area contributed by atoms with Crippen LogP contribution >= 0.6 is 11.6 Å². The van der Waals surface area contributed by atoms with Gasteiger partial charge in [-0.25, -0.2) is 8.78 Å². The van der Waals surface area contributed by atoms with Crippen LogP contribution in [0.3, 0.4) is 0 Å². The van der Waals surface area contributed by atoms with Crippen molar-refractivity contribution >= 4 is 11.6 Å². The zero-order valence-electron chi connectivity index (χ0n) is 8.81. The summed E-state index contributed by atoms with van der Waals surface area (Å²) in [6, 6.07) is -0.0673. The van der Waals surface area contributed by atoms with E-state index < -0.39 is 35.9 Å². The number of hydrogen-bond donors (Lipinski definition) is 2. The number of hydrogen-bond acceptors (Lipinski definition) is 2. The molecule has 1 aromatic carbocycles. The minimum Gasteiger partial charge on any atom is -0.390 e. The molecular weight excluding hydrogens is 281 g/mol. The average Bonchev–Trinajstić information content (AvgIpc) is 2.26. The van der Waals surface area contributed by atoms with Gasteiger partial charge in [0.15, 0.2) is 0 Å². The maximum atomic E-state index is 13.1. The molecule has 102 valence electrons. The minimum atomic E-state index is -4.71. The Morgan fingerprint density at radius 1 is 1.17 bits per heavy atom. The number of aliphatic hydroxyl groups is 1. The average molecular weight is 290 g/mol. The molecule has 1 rings (SSSR count). The second-order valence-electron chi connectivity index (χ2n) is 3.67. The molecule has 0 aliphatic carbocycles. The highest BCUT2D eigenvalue weighted by atomic mass is 35.5. The van der Waals surface area contributed by atoms with Gasteiger partial charge >= 0.3 is 6.18 Å². The Hall–Kier alpha value is -0.920. The van der Waals surface area contributed by atoms with Gasteiger partial charge in [-0.05, 0) is 23.8 Å². The zero-order chi connectivity index (χ0) is 14.1. The van der Waals surface area contributed by atoms with Gasteiger partial charge in [-0.1, -0.05) is 11.6 Å². The lowest BCUT2D eigenvalue weighted by Crippen LogP contribution is -2.36. The zero-order valence-corrected chi connectivity index (χ0v) is 9.56. The topological polar surface area (TPSA) is 46.2 Å². The molecule has 0 unspecified atom stereocenters. The van der Waals surface area contributed by atoms with Crippen LogP contribution in [0.2, 0.25) is 5.02 Å². The predicted molar refractivity (Wildman–Crippen MR) is 55.4 cm³/mol. The highest BCUT2D eigenvalue weighted by Crippen LogP contribution is 2.36. The molecule has 0 spiro atoms. The molecule has 1 aromatic rings. The third-order valence-corrected chi connectivity index (χ3v) is 2.49. The molecular formula is C10H9ClF5NO. The van der Waals surface area contributed by atoms with Gasteiger partial charge in [-0.2, -0.15) is 13.2 Å². The van der Waals surface area contributed by atoms with E-state index in [2.05, 4.69) is 0 Å². The lowest BCUT2D eigenvalue weighted by Gasteiger charge is -2.22. The molecule has 0 amide bonds. The molecule has 0 saturated heterocycles. The smallest absolute Gasteiger partial charge is 0.390 e. The van der Waals surface area contributed by atoms with Crippen LogP contribution in [0.15, 0.2) is 18.2 Å². The second kappa shape index (κ2) is 4.99. The second-order valence-corrected chi connectivity index (χ2v) is 4.10. The van der Waals surface area contributed by atoms with E-state index in [1.807, 2.05) is 0 Å². The fourth-order valence-corrected chi connectivity index (χ4v) is 1.54. The van der Waals surface area contributed by atoms with Crippen molar-refractivity contribution in [1.29, 1.82) is 0 Å². The number of nitrogens with two attached hydrogens (primary N) is 1. The molecule has 0 fully saturated rings. The first kappa shape index (κ1) is 15.1. The van der Waals surface area contributed by atoms with E-state index in [9.17, 15) is 22.0 Å². The summed E-state index contributed by atoms with van der Waals surface area (Å²) >= 11 is 5.43. The van der Waals surface area contributed by atoms with E-state index in [-0.39, 0.29) is 5.02 Å². The SMILES string of the molecule is N[C@@H](c1cc(Cl)cc(C(F)(F)F)c1)C(F)(F)CO. The van der Waals surface area contributed by atoms with Crippen LogP contribution in [0.1, 0.15) is 17.2 Å². The van der Waals surface area contributed by atoms with Crippen LogP contribution in [0, 0.1) is 0 Å². The molecule has 0 heterocycles. The summed E-state index contributed by atoms with van der Waals surface area (Å²) in [5.41, 5.74) is 3.46. The van der Waals surface area contributed by atoms with E-state index >= 15 is 0 Å². The first-order valence-electron chi connectivity index (χ1n) is 4.70. The Kier molecular flexibility index (Phi) is 4.19. The summed E-state index contributed by atoms with van der Waals surface area (Å²) in [6.45, 7) is -1.57. The van der Waals surface area contributed by atoms with E-state index in [1.165, 1.54) is 0 Å². The quantitative estimate of drug-likeness (QED) is 0.840. The Morgan fingerprint density at radius 3 is 2.17 bits per heavy atom. The molecule has 0 aliphatic rings. The van der Waals surface area contributed by atoms with E-state index in [0.29, 0.717) is 12.1 Å². The molecule has 0 saturated carbocycles. The molecule has 0 bridgehead atoms. The van der Waals surface area contributed by atoms with Gasteiger partial charge in [-0.3, -0.25) is 0 Å². The van der Waals surface area contributed by atoms with Crippen molar-refractivity contribution in [2.24, 2.45) is 5.73 Å². The summed E-state index contributed by atoms with van der Waals surface area (Å²) in [5.74, 6) is -3.73. The molecule has 8 heteroatoms. The van der Waals surface area contributed by atoms with Gasteiger partial charge in [0.25, 0.3) is 5.92 Å². The van der Waals surface area contributed by atoms with Crippen molar-refractivity contribution in [3.05, 3.63) is 34.3 Å². The highest BCUT2D eigenvalue weighted by Gasteiger charge is 2.39. The number of aliphatic hydroxyl groups excluding tert-OH is 1. The summed E-state index contributed by atoms with van der Waals surface area (Å²) in [4.78, 5) is 0. The highest BCUT2D eigenvalue weighted by molar-refractivity contribution is 6.30. The fraction of sp³-hybridized carbons (Fsp3) is 0.400. The number of alkyl halides is 5.